The van der Waals surface area contributed by atoms with E-state index in [1.54, 1.807) is 31.2 Å². The number of carboxylic acid groups (broad SMARTS) is 1. The summed E-state index contributed by atoms with van der Waals surface area (Å²) in [6, 6.07) is 6.70. The first kappa shape index (κ1) is 11.9. The fraction of sp³-hybridized carbons (Fsp3) is 0.364. The Hall–Kier alpha value is -1.22. The van der Waals surface area contributed by atoms with E-state index in [2.05, 4.69) is 0 Å². The molecule has 1 aromatic carbocycles. The van der Waals surface area contributed by atoms with Crippen LogP contribution in [0.15, 0.2) is 24.3 Å². The van der Waals surface area contributed by atoms with Crippen LogP contribution in [0.25, 0.3) is 0 Å². The first-order valence-corrected chi connectivity index (χ1v) is 5.03. The highest BCUT2D eigenvalue weighted by Crippen LogP contribution is 2.24. The van der Waals surface area contributed by atoms with Gasteiger partial charge in [0, 0.05) is 5.02 Å². The molecule has 0 heterocycles. The minimum absolute atomic E-state index is 0.384. The van der Waals surface area contributed by atoms with E-state index in [0.29, 0.717) is 17.2 Å². The van der Waals surface area contributed by atoms with Crippen molar-refractivity contribution in [3.8, 4) is 5.75 Å². The number of hydrogen-bond donors (Lipinski definition) is 1. The zero-order chi connectivity index (χ0) is 11.5. The smallest absolute Gasteiger partial charge is 0.347 e. The van der Waals surface area contributed by atoms with Gasteiger partial charge in [0.25, 0.3) is 0 Å². The quantitative estimate of drug-likeness (QED) is 0.862. The molecule has 1 N–H and O–H groups in total. The number of rotatable bonds is 4. The van der Waals surface area contributed by atoms with E-state index < -0.39 is 11.6 Å². The summed E-state index contributed by atoms with van der Waals surface area (Å²) >= 11 is 5.77. The van der Waals surface area contributed by atoms with Crippen LogP contribution in [0.5, 0.6) is 5.75 Å². The zero-order valence-corrected chi connectivity index (χ0v) is 9.41. The largest absolute Gasteiger partial charge is 0.478 e. The Bertz CT molecular complexity index is 365. The summed E-state index contributed by atoms with van der Waals surface area (Å²) in [6.45, 7) is 3.30. The van der Waals surface area contributed by atoms with Crippen LogP contribution in [-0.4, -0.2) is 16.7 Å². The molecule has 0 amide bonds. The average Bonchev–Trinajstić information content (AvgIpc) is 2.17. The van der Waals surface area contributed by atoms with Crippen molar-refractivity contribution in [2.24, 2.45) is 0 Å². The lowest BCUT2D eigenvalue weighted by Crippen LogP contribution is -2.40. The SMILES string of the molecule is CCC(C)(Oc1cccc(Cl)c1)C(=O)O. The zero-order valence-electron chi connectivity index (χ0n) is 8.66. The summed E-state index contributed by atoms with van der Waals surface area (Å²) < 4.78 is 5.41. The highest BCUT2D eigenvalue weighted by atomic mass is 35.5. The Balaban J connectivity index is 2.89. The Morgan fingerprint density at radius 3 is 2.73 bits per heavy atom. The van der Waals surface area contributed by atoms with E-state index in [9.17, 15) is 4.79 Å². The molecule has 0 saturated carbocycles. The van der Waals surface area contributed by atoms with Gasteiger partial charge >= 0.3 is 5.97 Å². The number of benzene rings is 1. The van der Waals surface area contributed by atoms with Crippen LogP contribution in [-0.2, 0) is 4.79 Å². The highest BCUT2D eigenvalue weighted by molar-refractivity contribution is 6.30. The number of ether oxygens (including phenoxy) is 1. The van der Waals surface area contributed by atoms with Gasteiger partial charge in [-0.1, -0.05) is 24.6 Å². The normalized spacial score (nSPS) is 14.3. The van der Waals surface area contributed by atoms with Crippen LogP contribution in [0.1, 0.15) is 20.3 Å². The standard InChI is InChI=1S/C11H13ClO3/c1-3-11(2,10(13)14)15-9-6-4-5-8(12)7-9/h4-7H,3H2,1-2H3,(H,13,14). The number of hydrogen-bond acceptors (Lipinski definition) is 2. The Labute approximate surface area is 93.6 Å². The van der Waals surface area contributed by atoms with Crippen molar-refractivity contribution in [3.63, 3.8) is 0 Å². The summed E-state index contributed by atoms with van der Waals surface area (Å²) in [5.74, 6) is -0.515. The number of carboxylic acids is 1. The fourth-order valence-corrected chi connectivity index (χ4v) is 1.24. The lowest BCUT2D eigenvalue weighted by molar-refractivity contribution is -0.154. The third kappa shape index (κ3) is 2.86. The van der Waals surface area contributed by atoms with Gasteiger partial charge in [-0.25, -0.2) is 4.79 Å². The maximum absolute atomic E-state index is 11.0. The van der Waals surface area contributed by atoms with Gasteiger partial charge in [0.2, 0.25) is 5.60 Å². The second-order valence-corrected chi connectivity index (χ2v) is 3.89. The summed E-state index contributed by atoms with van der Waals surface area (Å²) in [5.41, 5.74) is -1.20. The lowest BCUT2D eigenvalue weighted by Gasteiger charge is -2.24. The third-order valence-electron chi connectivity index (χ3n) is 2.27. The van der Waals surface area contributed by atoms with Crippen molar-refractivity contribution >= 4 is 17.6 Å². The molecule has 4 heteroatoms. The molecule has 1 rings (SSSR count). The van der Waals surface area contributed by atoms with Crippen molar-refractivity contribution in [1.29, 1.82) is 0 Å². The maximum Gasteiger partial charge on any atom is 0.347 e. The summed E-state index contributed by atoms with van der Waals surface area (Å²) in [7, 11) is 0. The van der Waals surface area contributed by atoms with E-state index in [1.165, 1.54) is 6.92 Å². The van der Waals surface area contributed by atoms with Gasteiger partial charge in [0.1, 0.15) is 5.75 Å². The molecule has 0 aromatic heterocycles. The van der Waals surface area contributed by atoms with Gasteiger partial charge in [0.05, 0.1) is 0 Å². The van der Waals surface area contributed by atoms with Gasteiger partial charge in [-0.15, -0.1) is 0 Å². The summed E-state index contributed by atoms with van der Waals surface area (Å²) in [6.07, 6.45) is 0.384. The minimum Gasteiger partial charge on any atom is -0.478 e. The van der Waals surface area contributed by atoms with Gasteiger partial charge in [-0.05, 0) is 31.5 Å². The van der Waals surface area contributed by atoms with E-state index in [1.807, 2.05) is 0 Å². The van der Waals surface area contributed by atoms with Crippen LogP contribution in [0, 0.1) is 0 Å². The van der Waals surface area contributed by atoms with E-state index in [0.717, 1.165) is 0 Å². The number of aliphatic carboxylic acids is 1. The predicted octanol–water partition coefficient (Wildman–Crippen LogP) is 2.97. The Morgan fingerprint density at radius 1 is 1.60 bits per heavy atom. The van der Waals surface area contributed by atoms with Gasteiger partial charge in [-0.2, -0.15) is 0 Å². The lowest BCUT2D eigenvalue weighted by atomic mass is 10.0. The van der Waals surface area contributed by atoms with Crippen LogP contribution < -0.4 is 4.74 Å². The molecule has 0 radical (unpaired) electrons. The maximum atomic E-state index is 11.0. The second-order valence-electron chi connectivity index (χ2n) is 3.45. The number of halogens is 1. The van der Waals surface area contributed by atoms with Crippen molar-refractivity contribution < 1.29 is 14.6 Å². The molecule has 0 aliphatic rings. The second kappa shape index (κ2) is 4.53. The van der Waals surface area contributed by atoms with Gasteiger partial charge < -0.3 is 9.84 Å². The molecule has 3 nitrogen and oxygen atoms in total. The van der Waals surface area contributed by atoms with Crippen molar-refractivity contribution in [1.82, 2.24) is 0 Å². The molecule has 15 heavy (non-hydrogen) atoms. The average molecular weight is 229 g/mol. The first-order chi connectivity index (χ1) is 6.98. The van der Waals surface area contributed by atoms with Crippen molar-refractivity contribution in [3.05, 3.63) is 29.3 Å². The Morgan fingerprint density at radius 2 is 2.27 bits per heavy atom. The Kier molecular flexibility index (Phi) is 3.58. The summed E-state index contributed by atoms with van der Waals surface area (Å²) in [4.78, 5) is 11.0. The number of carbonyl (C=O) groups is 1. The monoisotopic (exact) mass is 228 g/mol. The fourth-order valence-electron chi connectivity index (χ4n) is 1.06. The molecule has 1 aromatic rings. The first-order valence-electron chi connectivity index (χ1n) is 4.66. The highest BCUT2D eigenvalue weighted by Gasteiger charge is 2.33. The van der Waals surface area contributed by atoms with Crippen LogP contribution in [0.3, 0.4) is 0 Å². The molecular weight excluding hydrogens is 216 g/mol. The van der Waals surface area contributed by atoms with Gasteiger partial charge in [-0.3, -0.25) is 0 Å². The topological polar surface area (TPSA) is 46.5 Å². The molecular formula is C11H13ClO3. The van der Waals surface area contributed by atoms with Crippen LogP contribution >= 0.6 is 11.6 Å². The van der Waals surface area contributed by atoms with E-state index >= 15 is 0 Å². The van der Waals surface area contributed by atoms with E-state index in [-0.39, 0.29) is 0 Å². The van der Waals surface area contributed by atoms with Crippen LogP contribution in [0.4, 0.5) is 0 Å². The van der Waals surface area contributed by atoms with Crippen molar-refractivity contribution in [2.45, 2.75) is 25.9 Å². The van der Waals surface area contributed by atoms with Gasteiger partial charge in [0.15, 0.2) is 0 Å². The third-order valence-corrected chi connectivity index (χ3v) is 2.50. The van der Waals surface area contributed by atoms with Crippen molar-refractivity contribution in [2.75, 3.05) is 0 Å². The molecule has 1 atom stereocenters. The molecule has 0 saturated heterocycles. The molecule has 0 aliphatic carbocycles. The molecule has 0 bridgehead atoms. The van der Waals surface area contributed by atoms with Crippen LogP contribution in [0.2, 0.25) is 5.02 Å². The molecule has 82 valence electrons. The molecule has 1 unspecified atom stereocenters. The molecule has 0 spiro atoms. The summed E-state index contributed by atoms with van der Waals surface area (Å²) in [5, 5.41) is 9.53. The molecule has 0 aliphatic heterocycles. The van der Waals surface area contributed by atoms with E-state index in [4.69, 9.17) is 21.4 Å². The molecule has 0 fully saturated rings. The minimum atomic E-state index is -1.20. The predicted molar refractivity (Wildman–Crippen MR) is 58.4 cm³/mol.